The van der Waals surface area contributed by atoms with E-state index in [1.807, 2.05) is 0 Å². The van der Waals surface area contributed by atoms with Crippen LogP contribution in [0.2, 0.25) is 0 Å². The van der Waals surface area contributed by atoms with Crippen LogP contribution in [-0.4, -0.2) is 11.6 Å². The molecule has 0 aromatic carbocycles. The van der Waals surface area contributed by atoms with Gasteiger partial charge in [0.15, 0.2) is 0 Å². The average molecular weight is 268 g/mol. The first kappa shape index (κ1) is 16.5. The molecule has 0 spiro atoms. The van der Waals surface area contributed by atoms with Crippen molar-refractivity contribution in [3.05, 3.63) is 0 Å². The fourth-order valence-corrected chi connectivity index (χ4v) is 3.61. The van der Waals surface area contributed by atoms with E-state index in [0.717, 1.165) is 38.5 Å². The predicted octanol–water partition coefficient (Wildman–Crippen LogP) is 5.10. The third-order valence-electron chi connectivity index (χ3n) is 4.62. The highest BCUT2D eigenvalue weighted by Crippen LogP contribution is 2.40. The van der Waals surface area contributed by atoms with Crippen LogP contribution >= 0.6 is 0 Å². The van der Waals surface area contributed by atoms with Crippen LogP contribution in [0.25, 0.3) is 0 Å². The standard InChI is InChI=1S/C17H32O2/c1-6-10-16(5,13-14(3)4)15(18)19-17(7-2)11-8-9-12-17/h14H,6-13H2,1-5H3. The minimum atomic E-state index is -0.298. The first-order valence-electron chi connectivity index (χ1n) is 8.11. The Balaban J connectivity index is 2.76. The van der Waals surface area contributed by atoms with Crippen molar-refractivity contribution in [2.24, 2.45) is 11.3 Å². The van der Waals surface area contributed by atoms with E-state index in [4.69, 9.17) is 4.74 Å². The van der Waals surface area contributed by atoms with Crippen LogP contribution < -0.4 is 0 Å². The lowest BCUT2D eigenvalue weighted by atomic mass is 9.78. The van der Waals surface area contributed by atoms with Crippen LogP contribution in [0.1, 0.15) is 86.0 Å². The third-order valence-corrected chi connectivity index (χ3v) is 4.62. The Morgan fingerprint density at radius 1 is 1.26 bits per heavy atom. The van der Waals surface area contributed by atoms with Crippen LogP contribution in [0.4, 0.5) is 0 Å². The van der Waals surface area contributed by atoms with Crippen LogP contribution in [-0.2, 0) is 9.53 Å². The van der Waals surface area contributed by atoms with E-state index in [2.05, 4.69) is 34.6 Å². The van der Waals surface area contributed by atoms with E-state index in [1.54, 1.807) is 0 Å². The molecule has 0 bridgehead atoms. The number of esters is 1. The molecule has 0 aromatic heterocycles. The van der Waals surface area contributed by atoms with Gasteiger partial charge in [-0.2, -0.15) is 0 Å². The minimum absolute atomic E-state index is 0.0480. The SMILES string of the molecule is CCCC(C)(CC(C)C)C(=O)OC1(CC)CCCC1. The second-order valence-electron chi connectivity index (χ2n) is 7.04. The average Bonchev–Trinajstić information content (AvgIpc) is 2.77. The highest BCUT2D eigenvalue weighted by molar-refractivity contribution is 5.76. The number of ether oxygens (including phenoxy) is 1. The first-order chi connectivity index (χ1) is 8.87. The van der Waals surface area contributed by atoms with Crippen molar-refractivity contribution in [3.63, 3.8) is 0 Å². The first-order valence-corrected chi connectivity index (χ1v) is 8.11. The van der Waals surface area contributed by atoms with E-state index >= 15 is 0 Å². The normalized spacial score (nSPS) is 21.4. The molecule has 0 aromatic rings. The quantitative estimate of drug-likeness (QED) is 0.600. The predicted molar refractivity (Wildman–Crippen MR) is 80.1 cm³/mol. The summed E-state index contributed by atoms with van der Waals surface area (Å²) in [6.07, 6.45) is 8.38. The molecule has 0 heterocycles. The van der Waals surface area contributed by atoms with Crippen molar-refractivity contribution >= 4 is 5.97 Å². The molecule has 1 atom stereocenters. The van der Waals surface area contributed by atoms with Crippen LogP contribution in [0.3, 0.4) is 0 Å². The molecule has 1 aliphatic rings. The Bertz CT molecular complexity index is 290. The number of rotatable bonds is 7. The summed E-state index contributed by atoms with van der Waals surface area (Å²) in [5.74, 6) is 0.581. The van der Waals surface area contributed by atoms with Gasteiger partial charge in [-0.3, -0.25) is 4.79 Å². The molecule has 0 N–H and O–H groups in total. The minimum Gasteiger partial charge on any atom is -0.459 e. The van der Waals surface area contributed by atoms with Gasteiger partial charge in [-0.05, 0) is 57.8 Å². The number of carbonyl (C=O) groups is 1. The van der Waals surface area contributed by atoms with Gasteiger partial charge in [0, 0.05) is 0 Å². The lowest BCUT2D eigenvalue weighted by Crippen LogP contribution is -2.39. The smallest absolute Gasteiger partial charge is 0.312 e. The molecule has 1 fully saturated rings. The fraction of sp³-hybridized carbons (Fsp3) is 0.941. The van der Waals surface area contributed by atoms with Crippen molar-refractivity contribution in [3.8, 4) is 0 Å². The highest BCUT2D eigenvalue weighted by atomic mass is 16.6. The van der Waals surface area contributed by atoms with E-state index in [9.17, 15) is 4.79 Å². The van der Waals surface area contributed by atoms with Gasteiger partial charge in [0.05, 0.1) is 5.41 Å². The fourth-order valence-electron chi connectivity index (χ4n) is 3.61. The molecule has 1 unspecified atom stereocenters. The van der Waals surface area contributed by atoms with E-state index in [1.165, 1.54) is 12.8 Å². The Morgan fingerprint density at radius 2 is 1.84 bits per heavy atom. The lowest BCUT2D eigenvalue weighted by Gasteiger charge is -2.35. The maximum atomic E-state index is 12.7. The molecule has 0 saturated heterocycles. The monoisotopic (exact) mass is 268 g/mol. The summed E-state index contributed by atoms with van der Waals surface area (Å²) in [5.41, 5.74) is -0.448. The lowest BCUT2D eigenvalue weighted by molar-refractivity contribution is -0.173. The van der Waals surface area contributed by atoms with Crippen molar-refractivity contribution < 1.29 is 9.53 Å². The van der Waals surface area contributed by atoms with Gasteiger partial charge in [-0.1, -0.05) is 34.1 Å². The van der Waals surface area contributed by atoms with Crippen molar-refractivity contribution in [1.29, 1.82) is 0 Å². The summed E-state index contributed by atoms with van der Waals surface area (Å²) >= 11 is 0. The maximum absolute atomic E-state index is 12.7. The summed E-state index contributed by atoms with van der Waals surface area (Å²) in [6, 6.07) is 0. The summed E-state index contributed by atoms with van der Waals surface area (Å²) in [5, 5.41) is 0. The largest absolute Gasteiger partial charge is 0.459 e. The van der Waals surface area contributed by atoms with E-state index < -0.39 is 0 Å². The summed E-state index contributed by atoms with van der Waals surface area (Å²) in [4.78, 5) is 12.7. The Labute approximate surface area is 119 Å². The number of carbonyl (C=O) groups excluding carboxylic acids is 1. The summed E-state index contributed by atoms with van der Waals surface area (Å²) in [6.45, 7) is 10.8. The topological polar surface area (TPSA) is 26.3 Å². The molecule has 2 heteroatoms. The van der Waals surface area contributed by atoms with E-state index in [0.29, 0.717) is 5.92 Å². The van der Waals surface area contributed by atoms with Gasteiger partial charge in [-0.25, -0.2) is 0 Å². The second kappa shape index (κ2) is 6.76. The molecule has 0 radical (unpaired) electrons. The molecule has 1 aliphatic carbocycles. The van der Waals surface area contributed by atoms with Crippen LogP contribution in [0.5, 0.6) is 0 Å². The molecule has 2 nitrogen and oxygen atoms in total. The number of hydrogen-bond acceptors (Lipinski definition) is 2. The second-order valence-corrected chi connectivity index (χ2v) is 7.04. The molecule has 112 valence electrons. The zero-order valence-electron chi connectivity index (χ0n) is 13.6. The van der Waals surface area contributed by atoms with Gasteiger partial charge in [-0.15, -0.1) is 0 Å². The third kappa shape index (κ3) is 4.22. The Kier molecular flexibility index (Phi) is 5.88. The van der Waals surface area contributed by atoms with Gasteiger partial charge in [0.1, 0.15) is 5.60 Å². The molecule has 1 rings (SSSR count). The van der Waals surface area contributed by atoms with Crippen molar-refractivity contribution in [1.82, 2.24) is 0 Å². The van der Waals surface area contributed by atoms with Crippen LogP contribution in [0.15, 0.2) is 0 Å². The van der Waals surface area contributed by atoms with Crippen LogP contribution in [0, 0.1) is 11.3 Å². The summed E-state index contributed by atoms with van der Waals surface area (Å²) < 4.78 is 6.03. The Hall–Kier alpha value is -0.530. The summed E-state index contributed by atoms with van der Waals surface area (Å²) in [7, 11) is 0. The zero-order valence-corrected chi connectivity index (χ0v) is 13.6. The van der Waals surface area contributed by atoms with Gasteiger partial charge in [0.25, 0.3) is 0 Å². The molecule has 0 amide bonds. The zero-order chi connectivity index (χ0) is 14.5. The molecular formula is C17H32O2. The maximum Gasteiger partial charge on any atom is 0.312 e. The molecular weight excluding hydrogens is 236 g/mol. The molecule has 19 heavy (non-hydrogen) atoms. The van der Waals surface area contributed by atoms with E-state index in [-0.39, 0.29) is 17.0 Å². The Morgan fingerprint density at radius 3 is 2.26 bits per heavy atom. The van der Waals surface area contributed by atoms with Crippen molar-refractivity contribution in [2.45, 2.75) is 91.6 Å². The van der Waals surface area contributed by atoms with Gasteiger partial charge < -0.3 is 4.74 Å². The van der Waals surface area contributed by atoms with Gasteiger partial charge >= 0.3 is 5.97 Å². The van der Waals surface area contributed by atoms with Gasteiger partial charge in [0.2, 0.25) is 0 Å². The number of hydrogen-bond donors (Lipinski definition) is 0. The molecule has 1 saturated carbocycles. The highest BCUT2D eigenvalue weighted by Gasteiger charge is 2.42. The molecule has 0 aliphatic heterocycles. The van der Waals surface area contributed by atoms with Crippen molar-refractivity contribution in [2.75, 3.05) is 0 Å².